The van der Waals surface area contributed by atoms with E-state index in [1.54, 1.807) is 37.3 Å². The van der Waals surface area contributed by atoms with Gasteiger partial charge in [0, 0.05) is 5.56 Å². The number of benzene rings is 2. The van der Waals surface area contributed by atoms with Crippen LogP contribution in [-0.2, 0) is 15.1 Å². The third kappa shape index (κ3) is 3.95. The number of nitrogens with zero attached hydrogens (tertiary/aromatic N) is 1. The molecule has 3 rings (SSSR count). The molecule has 4 amide bonds. The molecule has 1 aliphatic heterocycles. The Balaban J connectivity index is 1.69. The lowest BCUT2D eigenvalue weighted by Gasteiger charge is -2.22. The van der Waals surface area contributed by atoms with Crippen molar-refractivity contribution in [2.24, 2.45) is 5.73 Å². The lowest BCUT2D eigenvalue weighted by atomic mass is 9.90. The molecule has 9 heteroatoms. The molecule has 3 N–H and O–H groups in total. The molecule has 0 bridgehead atoms. The van der Waals surface area contributed by atoms with Crippen LogP contribution in [0, 0.1) is 0 Å². The molecular weight excluding hydrogens is 390 g/mol. The van der Waals surface area contributed by atoms with Crippen molar-refractivity contribution < 1.29 is 28.7 Å². The summed E-state index contributed by atoms with van der Waals surface area (Å²) in [4.78, 5) is 49.4. The zero-order chi connectivity index (χ0) is 21.9. The number of ether oxygens (including phenoxy) is 2. The van der Waals surface area contributed by atoms with Crippen LogP contribution in [0.1, 0.15) is 33.2 Å². The van der Waals surface area contributed by atoms with Gasteiger partial charge in [0.05, 0.1) is 19.2 Å². The molecule has 1 heterocycles. The Morgan fingerprint density at radius 1 is 1.10 bits per heavy atom. The zero-order valence-electron chi connectivity index (χ0n) is 16.5. The molecule has 2 aromatic carbocycles. The number of carbonyl (C=O) groups excluding carboxylic acids is 4. The minimum atomic E-state index is -1.33. The van der Waals surface area contributed by atoms with Crippen LogP contribution in [0.4, 0.5) is 4.79 Å². The van der Waals surface area contributed by atoms with Crippen LogP contribution in [0.15, 0.2) is 48.5 Å². The summed E-state index contributed by atoms with van der Waals surface area (Å²) in [6, 6.07) is 12.1. The second-order valence-corrected chi connectivity index (χ2v) is 6.82. The largest absolute Gasteiger partial charge is 0.492 e. The first-order valence-corrected chi connectivity index (χ1v) is 9.12. The Labute approximate surface area is 172 Å². The van der Waals surface area contributed by atoms with Crippen LogP contribution in [0.5, 0.6) is 5.75 Å². The molecule has 156 valence electrons. The van der Waals surface area contributed by atoms with Gasteiger partial charge in [0.15, 0.2) is 0 Å². The van der Waals surface area contributed by atoms with Gasteiger partial charge in [-0.3, -0.25) is 14.5 Å². The molecule has 1 unspecified atom stereocenters. The summed E-state index contributed by atoms with van der Waals surface area (Å²) in [7, 11) is 1.28. The SMILES string of the molecule is COC(=O)c1cccc(OCCN2C(=O)NC(C)(c3cccc(C(N)=O)c3)C2=O)c1. The molecule has 1 saturated heterocycles. The third-order valence-corrected chi connectivity index (χ3v) is 4.84. The maximum Gasteiger partial charge on any atom is 0.337 e. The lowest BCUT2D eigenvalue weighted by molar-refractivity contribution is -0.131. The topological polar surface area (TPSA) is 128 Å². The second kappa shape index (κ2) is 8.24. The number of carbonyl (C=O) groups is 4. The van der Waals surface area contributed by atoms with E-state index in [9.17, 15) is 19.2 Å². The van der Waals surface area contributed by atoms with Gasteiger partial charge in [0.1, 0.15) is 17.9 Å². The Morgan fingerprint density at radius 3 is 2.50 bits per heavy atom. The van der Waals surface area contributed by atoms with E-state index in [0.29, 0.717) is 16.9 Å². The number of rotatable bonds is 7. The van der Waals surface area contributed by atoms with Crippen molar-refractivity contribution >= 4 is 23.8 Å². The monoisotopic (exact) mass is 411 g/mol. The molecule has 0 spiro atoms. The molecule has 1 fully saturated rings. The van der Waals surface area contributed by atoms with Crippen molar-refractivity contribution in [1.82, 2.24) is 10.2 Å². The fraction of sp³-hybridized carbons (Fsp3) is 0.238. The Bertz CT molecular complexity index is 1020. The first kappa shape index (κ1) is 20.8. The van der Waals surface area contributed by atoms with E-state index in [-0.39, 0.29) is 18.7 Å². The van der Waals surface area contributed by atoms with Gasteiger partial charge in [-0.05, 0) is 42.8 Å². The van der Waals surface area contributed by atoms with Gasteiger partial charge in [-0.15, -0.1) is 0 Å². The van der Waals surface area contributed by atoms with Crippen molar-refractivity contribution in [3.05, 3.63) is 65.2 Å². The summed E-state index contributed by atoms with van der Waals surface area (Å²) in [5.74, 6) is -1.19. The standard InChI is InChI=1S/C21H21N3O6/c1-21(15-7-3-5-13(11-15)17(22)25)19(27)24(20(28)23-21)9-10-30-16-8-4-6-14(12-16)18(26)29-2/h3-8,11-12H,9-10H2,1-2H3,(H2,22,25)(H,23,28). The van der Waals surface area contributed by atoms with Gasteiger partial charge in [0.2, 0.25) is 5.91 Å². The molecule has 1 aliphatic rings. The molecule has 0 aliphatic carbocycles. The van der Waals surface area contributed by atoms with Crippen LogP contribution in [0.25, 0.3) is 0 Å². The van der Waals surface area contributed by atoms with Crippen molar-refractivity contribution in [3.8, 4) is 5.75 Å². The number of urea groups is 1. The van der Waals surface area contributed by atoms with E-state index in [1.807, 2.05) is 0 Å². The number of methoxy groups -OCH3 is 1. The summed E-state index contributed by atoms with van der Waals surface area (Å²) < 4.78 is 10.2. The molecule has 30 heavy (non-hydrogen) atoms. The molecule has 2 aromatic rings. The van der Waals surface area contributed by atoms with Gasteiger partial charge >= 0.3 is 12.0 Å². The van der Waals surface area contributed by atoms with E-state index in [1.165, 1.54) is 25.3 Å². The number of primary amides is 1. The van der Waals surface area contributed by atoms with E-state index < -0.39 is 29.4 Å². The third-order valence-electron chi connectivity index (χ3n) is 4.84. The molecule has 1 atom stereocenters. The summed E-state index contributed by atoms with van der Waals surface area (Å²) in [6.07, 6.45) is 0. The highest BCUT2D eigenvalue weighted by atomic mass is 16.5. The first-order valence-electron chi connectivity index (χ1n) is 9.12. The number of imide groups is 1. The number of hydrogen-bond acceptors (Lipinski definition) is 6. The van der Waals surface area contributed by atoms with Gasteiger partial charge in [0.25, 0.3) is 5.91 Å². The fourth-order valence-electron chi connectivity index (χ4n) is 3.16. The smallest absolute Gasteiger partial charge is 0.337 e. The summed E-state index contributed by atoms with van der Waals surface area (Å²) >= 11 is 0. The lowest BCUT2D eigenvalue weighted by Crippen LogP contribution is -2.41. The predicted octanol–water partition coefficient (Wildman–Crippen LogP) is 1.42. The minimum Gasteiger partial charge on any atom is -0.492 e. The minimum absolute atomic E-state index is 0.00177. The highest BCUT2D eigenvalue weighted by molar-refractivity contribution is 6.07. The molecule has 0 saturated carbocycles. The van der Waals surface area contributed by atoms with Crippen molar-refractivity contribution in [2.75, 3.05) is 20.3 Å². The quantitative estimate of drug-likeness (QED) is 0.524. The summed E-state index contributed by atoms with van der Waals surface area (Å²) in [6.45, 7) is 1.59. The number of amides is 4. The Morgan fingerprint density at radius 2 is 1.80 bits per heavy atom. The van der Waals surface area contributed by atoms with Crippen LogP contribution in [-0.4, -0.2) is 49.0 Å². The summed E-state index contributed by atoms with van der Waals surface area (Å²) in [5.41, 5.74) is 4.99. The van der Waals surface area contributed by atoms with E-state index in [2.05, 4.69) is 10.1 Å². The summed E-state index contributed by atoms with van der Waals surface area (Å²) in [5, 5.41) is 2.66. The van der Waals surface area contributed by atoms with Gasteiger partial charge in [-0.1, -0.05) is 18.2 Å². The number of esters is 1. The van der Waals surface area contributed by atoms with Crippen LogP contribution in [0.2, 0.25) is 0 Å². The van der Waals surface area contributed by atoms with E-state index in [4.69, 9.17) is 10.5 Å². The molecular formula is C21H21N3O6. The maximum atomic E-state index is 13.0. The first-order chi connectivity index (χ1) is 14.3. The van der Waals surface area contributed by atoms with E-state index in [0.717, 1.165) is 4.90 Å². The maximum absolute atomic E-state index is 13.0. The van der Waals surface area contributed by atoms with Crippen molar-refractivity contribution in [3.63, 3.8) is 0 Å². The number of nitrogens with one attached hydrogen (secondary N) is 1. The molecule has 0 radical (unpaired) electrons. The highest BCUT2D eigenvalue weighted by Crippen LogP contribution is 2.29. The zero-order valence-corrected chi connectivity index (χ0v) is 16.5. The average Bonchev–Trinajstić information content (AvgIpc) is 2.97. The predicted molar refractivity (Wildman–Crippen MR) is 106 cm³/mol. The van der Waals surface area contributed by atoms with Crippen molar-refractivity contribution in [2.45, 2.75) is 12.5 Å². The Hall–Kier alpha value is -3.88. The van der Waals surface area contributed by atoms with Crippen LogP contribution < -0.4 is 15.8 Å². The van der Waals surface area contributed by atoms with Crippen molar-refractivity contribution in [1.29, 1.82) is 0 Å². The van der Waals surface area contributed by atoms with E-state index >= 15 is 0 Å². The fourth-order valence-corrected chi connectivity index (χ4v) is 3.16. The number of nitrogens with two attached hydrogens (primary N) is 1. The average molecular weight is 411 g/mol. The van der Waals surface area contributed by atoms with Crippen LogP contribution in [0.3, 0.4) is 0 Å². The van der Waals surface area contributed by atoms with Crippen LogP contribution >= 0.6 is 0 Å². The molecule has 0 aromatic heterocycles. The van der Waals surface area contributed by atoms with Gasteiger partial charge in [-0.2, -0.15) is 0 Å². The normalized spacial score (nSPS) is 18.1. The second-order valence-electron chi connectivity index (χ2n) is 6.82. The van der Waals surface area contributed by atoms with Gasteiger partial charge in [-0.25, -0.2) is 9.59 Å². The highest BCUT2D eigenvalue weighted by Gasteiger charge is 2.48. The number of hydrogen-bond donors (Lipinski definition) is 2. The molecule has 9 nitrogen and oxygen atoms in total. The van der Waals surface area contributed by atoms with Gasteiger partial charge < -0.3 is 20.5 Å². The Kier molecular flexibility index (Phi) is 5.72.